The highest BCUT2D eigenvalue weighted by Gasteiger charge is 2.14. The van der Waals surface area contributed by atoms with Gasteiger partial charge in [-0.1, -0.05) is 90.5 Å². The molecule has 15 nitrogen and oxygen atoms in total. The third kappa shape index (κ3) is 12.3. The Balaban J connectivity index is 0.000000142. The summed E-state index contributed by atoms with van der Waals surface area (Å²) < 4.78 is 9.65. The number of aromatic nitrogens is 8. The van der Waals surface area contributed by atoms with E-state index >= 15 is 0 Å². The maximum atomic E-state index is 12.8. The summed E-state index contributed by atoms with van der Waals surface area (Å²) in [6, 6.07) is 60.0. The molecule has 0 amide bonds. The van der Waals surface area contributed by atoms with E-state index in [9.17, 15) is 14.4 Å². The van der Waals surface area contributed by atoms with Gasteiger partial charge in [0.05, 0.1) is 35.2 Å². The van der Waals surface area contributed by atoms with Gasteiger partial charge in [0.25, 0.3) is 16.7 Å². The minimum Gasteiger partial charge on any atom is -0.497 e. The summed E-state index contributed by atoms with van der Waals surface area (Å²) in [7, 11) is 1.63. The first-order valence-corrected chi connectivity index (χ1v) is 25.3. The number of benzene rings is 6. The molecule has 0 bridgehead atoms. The number of ether oxygens (including phenoxy) is 1. The summed E-state index contributed by atoms with van der Waals surface area (Å²) in [5, 5.41) is 25.1. The van der Waals surface area contributed by atoms with E-state index in [1.165, 1.54) is 19.6 Å². The zero-order valence-corrected chi connectivity index (χ0v) is 43.4. The summed E-state index contributed by atoms with van der Waals surface area (Å²) >= 11 is 0. The van der Waals surface area contributed by atoms with Crippen molar-refractivity contribution in [3.8, 4) is 39.5 Å². The molecule has 11 rings (SSSR count). The van der Waals surface area contributed by atoms with Crippen LogP contribution in [0.3, 0.4) is 0 Å². The molecular weight excluding hydrogens is 963 g/mol. The lowest BCUT2D eigenvalue weighted by atomic mass is 10.1. The number of para-hydroxylation sites is 1. The highest BCUT2D eigenvalue weighted by Crippen LogP contribution is 2.29. The molecule has 3 N–H and O–H groups in total. The molecule has 5 heterocycles. The van der Waals surface area contributed by atoms with Gasteiger partial charge in [-0.2, -0.15) is 15.3 Å². The Labute approximate surface area is 445 Å². The first-order valence-electron chi connectivity index (χ1n) is 25.3. The zero-order chi connectivity index (χ0) is 53.7. The van der Waals surface area contributed by atoms with Crippen molar-refractivity contribution < 1.29 is 4.74 Å². The third-order valence-corrected chi connectivity index (χ3v) is 12.5. The molecule has 6 aromatic carbocycles. The predicted molar refractivity (Wildman–Crippen MR) is 310 cm³/mol. The Hall–Kier alpha value is -10.0. The SMILES string of the molecule is CCn1nc(-c2ccc(C)cc2)cc(Nc2cccc3ncccc23)c1=O.CCn1nc(-c2ccc(OC)cc2)cc(Nc2cccc3ncccc23)c1=O.CCn1nc(-c2ccccc2)cc(Nc2ccccc2)c1=O. The number of methoxy groups -OCH3 is 1. The van der Waals surface area contributed by atoms with Crippen LogP contribution in [0.1, 0.15) is 26.3 Å². The molecule has 11 aromatic rings. The molecule has 0 radical (unpaired) electrons. The van der Waals surface area contributed by atoms with E-state index < -0.39 is 0 Å². The molecule has 0 aliphatic rings. The van der Waals surface area contributed by atoms with Gasteiger partial charge < -0.3 is 20.7 Å². The van der Waals surface area contributed by atoms with Gasteiger partial charge in [-0.25, -0.2) is 14.0 Å². The number of rotatable bonds is 13. The average molecular weight is 1020 g/mol. The van der Waals surface area contributed by atoms with Crippen LogP contribution >= 0.6 is 0 Å². The van der Waals surface area contributed by atoms with Gasteiger partial charge in [-0.05, 0) is 131 Å². The quantitative estimate of drug-likeness (QED) is 0.0998. The number of nitrogens with one attached hydrogen (secondary N) is 3. The first kappa shape index (κ1) is 51.9. The van der Waals surface area contributed by atoms with Gasteiger partial charge >= 0.3 is 0 Å². The summed E-state index contributed by atoms with van der Waals surface area (Å²) in [5.74, 6) is 0.772. The van der Waals surface area contributed by atoms with Crippen LogP contribution in [0.25, 0.3) is 55.6 Å². The molecule has 5 aromatic heterocycles. The van der Waals surface area contributed by atoms with Crippen LogP contribution in [0.5, 0.6) is 5.75 Å². The van der Waals surface area contributed by atoms with Crippen molar-refractivity contribution in [3.05, 3.63) is 237 Å². The Morgan fingerprint density at radius 1 is 0.416 bits per heavy atom. The van der Waals surface area contributed by atoms with Crippen molar-refractivity contribution in [2.45, 2.75) is 47.3 Å². The summed E-state index contributed by atoms with van der Waals surface area (Å²) in [6.07, 6.45) is 3.52. The van der Waals surface area contributed by atoms with E-state index in [4.69, 9.17) is 4.74 Å². The van der Waals surface area contributed by atoms with E-state index in [1.54, 1.807) is 31.6 Å². The van der Waals surface area contributed by atoms with E-state index in [2.05, 4.69) is 41.2 Å². The molecular formula is C62H57N11O4. The molecule has 0 unspecified atom stereocenters. The van der Waals surface area contributed by atoms with Gasteiger partial charge in [0.15, 0.2) is 0 Å². The number of hydrogen-bond donors (Lipinski definition) is 3. The molecule has 0 aliphatic carbocycles. The van der Waals surface area contributed by atoms with E-state index in [0.717, 1.165) is 72.7 Å². The van der Waals surface area contributed by atoms with Gasteiger partial charge in [-0.3, -0.25) is 24.4 Å². The minimum absolute atomic E-state index is 0.119. The second-order valence-electron chi connectivity index (χ2n) is 17.6. The molecule has 15 heteroatoms. The topological polar surface area (TPSA) is 176 Å². The molecule has 0 atom stereocenters. The molecule has 384 valence electrons. The van der Waals surface area contributed by atoms with Gasteiger partial charge in [0, 0.05) is 76.6 Å². The largest absolute Gasteiger partial charge is 0.497 e. The summed E-state index contributed by atoms with van der Waals surface area (Å²) in [4.78, 5) is 46.8. The molecule has 0 saturated heterocycles. The maximum absolute atomic E-state index is 12.8. The number of nitrogens with zero attached hydrogens (tertiary/aromatic N) is 8. The molecule has 0 saturated carbocycles. The number of aryl methyl sites for hydroxylation is 4. The monoisotopic (exact) mass is 1020 g/mol. The second kappa shape index (κ2) is 24.3. The predicted octanol–water partition coefficient (Wildman–Crippen LogP) is 12.4. The zero-order valence-electron chi connectivity index (χ0n) is 43.4. The lowest BCUT2D eigenvalue weighted by Gasteiger charge is -2.13. The van der Waals surface area contributed by atoms with E-state index in [1.807, 2.05) is 204 Å². The third-order valence-electron chi connectivity index (χ3n) is 12.5. The standard InChI is InChI=1S/C22H20N4O2.C22H20N4O.C18H17N3O/c1-3-26-22(27)21(14-20(25-26)15-9-11-16(28-2)12-10-15)24-19-8-4-7-18-17(19)6-5-13-23-18;1-3-26-22(27)21(14-20(25-26)16-11-9-15(2)10-12-16)24-19-8-4-7-18-17(19)6-5-13-23-18;1-2-21-18(22)17(19-15-11-7-4-8-12-15)13-16(20-21)14-9-5-3-6-10-14/h4-14,24H,3H2,1-2H3;4-14,24H,3H2,1-2H3;3-13,19H,2H2,1H3. The lowest BCUT2D eigenvalue weighted by Crippen LogP contribution is -2.24. The van der Waals surface area contributed by atoms with Crippen molar-refractivity contribution >= 4 is 55.9 Å². The van der Waals surface area contributed by atoms with Crippen molar-refractivity contribution in [2.75, 3.05) is 23.1 Å². The second-order valence-corrected chi connectivity index (χ2v) is 17.6. The molecule has 77 heavy (non-hydrogen) atoms. The number of hydrogen-bond acceptors (Lipinski definition) is 12. The van der Waals surface area contributed by atoms with Crippen LogP contribution < -0.4 is 37.4 Å². The lowest BCUT2D eigenvalue weighted by molar-refractivity contribution is 0.415. The van der Waals surface area contributed by atoms with Crippen LogP contribution in [-0.4, -0.2) is 46.4 Å². The average Bonchev–Trinajstić information content (AvgIpc) is 3.49. The summed E-state index contributed by atoms with van der Waals surface area (Å²) in [6.45, 7) is 9.29. The van der Waals surface area contributed by atoms with Crippen LogP contribution in [0.15, 0.2) is 215 Å². The van der Waals surface area contributed by atoms with Gasteiger partial charge in [0.1, 0.15) is 22.8 Å². The van der Waals surface area contributed by atoms with Crippen molar-refractivity contribution in [2.24, 2.45) is 0 Å². The molecule has 0 fully saturated rings. The van der Waals surface area contributed by atoms with Gasteiger partial charge in [-0.15, -0.1) is 0 Å². The van der Waals surface area contributed by atoms with Crippen molar-refractivity contribution in [1.29, 1.82) is 0 Å². The Morgan fingerprint density at radius 3 is 1.25 bits per heavy atom. The molecule has 0 spiro atoms. The van der Waals surface area contributed by atoms with Gasteiger partial charge in [0.2, 0.25) is 0 Å². The fourth-order valence-corrected chi connectivity index (χ4v) is 8.45. The van der Waals surface area contributed by atoms with Crippen LogP contribution in [0.2, 0.25) is 0 Å². The van der Waals surface area contributed by atoms with Crippen LogP contribution in [0.4, 0.5) is 34.1 Å². The Morgan fingerprint density at radius 2 is 0.818 bits per heavy atom. The number of fused-ring (bicyclic) bond motifs is 2. The van der Waals surface area contributed by atoms with Crippen molar-refractivity contribution in [1.82, 2.24) is 39.3 Å². The highest BCUT2D eigenvalue weighted by molar-refractivity contribution is 5.94. The molecule has 0 aliphatic heterocycles. The van der Waals surface area contributed by atoms with Crippen LogP contribution in [0, 0.1) is 6.92 Å². The fourth-order valence-electron chi connectivity index (χ4n) is 8.45. The number of pyridine rings is 2. The first-order chi connectivity index (χ1) is 37.6. The minimum atomic E-state index is -0.166. The normalized spacial score (nSPS) is 10.7. The Bertz CT molecular complexity index is 3970. The van der Waals surface area contributed by atoms with E-state index in [-0.39, 0.29) is 16.7 Å². The Kier molecular flexibility index (Phi) is 16.4. The smallest absolute Gasteiger partial charge is 0.290 e. The fraction of sp³-hybridized carbons (Fsp3) is 0.129. The summed E-state index contributed by atoms with van der Waals surface area (Å²) in [5.41, 5.74) is 11.7. The van der Waals surface area contributed by atoms with Crippen LogP contribution in [-0.2, 0) is 19.6 Å². The number of anilines is 6. The maximum Gasteiger partial charge on any atom is 0.290 e. The van der Waals surface area contributed by atoms with E-state index in [0.29, 0.717) is 42.4 Å². The highest BCUT2D eigenvalue weighted by atomic mass is 16.5. The van der Waals surface area contributed by atoms with Crippen molar-refractivity contribution in [3.63, 3.8) is 0 Å².